The Bertz CT molecular complexity index is 809. The Kier molecular flexibility index (Phi) is 6.67. The van der Waals surface area contributed by atoms with Crippen molar-refractivity contribution >= 4 is 17.6 Å². The van der Waals surface area contributed by atoms with Crippen LogP contribution in [-0.2, 0) is 6.42 Å². The highest BCUT2D eigenvalue weighted by atomic mass is 35.5. The molecular weight excluding hydrogens is 388 g/mol. The molecule has 0 atom stereocenters. The zero-order valence-electron chi connectivity index (χ0n) is 16.9. The summed E-state index contributed by atoms with van der Waals surface area (Å²) in [4.78, 5) is 11.8. The summed E-state index contributed by atoms with van der Waals surface area (Å²) in [6.45, 7) is 5.91. The van der Waals surface area contributed by atoms with Crippen LogP contribution in [0.5, 0.6) is 0 Å². The van der Waals surface area contributed by atoms with E-state index < -0.39 is 0 Å². The van der Waals surface area contributed by atoms with Crippen LogP contribution in [0, 0.1) is 0 Å². The van der Waals surface area contributed by atoms with E-state index in [-0.39, 0.29) is 0 Å². The van der Waals surface area contributed by atoms with Gasteiger partial charge in [0.25, 0.3) is 0 Å². The summed E-state index contributed by atoms with van der Waals surface area (Å²) in [5, 5.41) is 11.7. The van der Waals surface area contributed by atoms with E-state index in [1.807, 2.05) is 24.3 Å². The van der Waals surface area contributed by atoms with E-state index in [2.05, 4.69) is 32.6 Å². The topological polar surface area (TPSA) is 78.6 Å². The zero-order valence-corrected chi connectivity index (χ0v) is 17.7. The molecule has 0 radical (unpaired) electrons. The van der Waals surface area contributed by atoms with Gasteiger partial charge in [0, 0.05) is 48.7 Å². The van der Waals surface area contributed by atoms with Gasteiger partial charge in [0.2, 0.25) is 11.7 Å². The highest BCUT2D eigenvalue weighted by Gasteiger charge is 2.31. The molecule has 1 aliphatic heterocycles. The molecule has 1 saturated heterocycles. The summed E-state index contributed by atoms with van der Waals surface area (Å²) in [6, 6.07) is 8.77. The third kappa shape index (κ3) is 5.70. The minimum absolute atomic E-state index is 0.489. The molecule has 2 heterocycles. The number of nitrogens with zero attached hydrogens (tertiary/aromatic N) is 4. The number of aliphatic imine (C=N–C) groups is 1. The number of aromatic nitrogens is 2. The third-order valence-electron chi connectivity index (χ3n) is 5.44. The number of hydrogen-bond donors (Lipinski definition) is 2. The van der Waals surface area contributed by atoms with Crippen molar-refractivity contribution in [3.8, 4) is 11.4 Å². The molecule has 2 aromatic rings. The lowest BCUT2D eigenvalue weighted by Gasteiger charge is -2.33. The standard InChI is InChI=1S/C21H29ClN6O/c1-2-23-21(25-17-10-13-28(14-11-17)18-7-8-18)24-12-9-19-26-20(27-29-19)15-3-5-16(22)6-4-15/h3-6,17-18H,2,7-14H2,1H3,(H2,23,24,25). The van der Waals surface area contributed by atoms with Crippen molar-refractivity contribution in [2.24, 2.45) is 4.99 Å². The number of guanidine groups is 1. The molecule has 0 unspecified atom stereocenters. The van der Waals surface area contributed by atoms with Crippen LogP contribution >= 0.6 is 11.6 Å². The number of nitrogens with one attached hydrogen (secondary N) is 2. The van der Waals surface area contributed by atoms with Crippen molar-refractivity contribution in [3.05, 3.63) is 35.2 Å². The Morgan fingerprint density at radius 3 is 2.66 bits per heavy atom. The summed E-state index contributed by atoms with van der Waals surface area (Å²) < 4.78 is 5.37. The Morgan fingerprint density at radius 2 is 1.97 bits per heavy atom. The SMILES string of the molecule is CCNC(=NCCc1nc(-c2ccc(Cl)cc2)no1)NC1CCN(C2CC2)CC1. The highest BCUT2D eigenvalue weighted by molar-refractivity contribution is 6.30. The smallest absolute Gasteiger partial charge is 0.228 e. The van der Waals surface area contributed by atoms with Crippen molar-refractivity contribution in [2.45, 2.75) is 51.1 Å². The highest BCUT2D eigenvalue weighted by Crippen LogP contribution is 2.29. The van der Waals surface area contributed by atoms with E-state index in [9.17, 15) is 0 Å². The molecule has 1 aromatic carbocycles. The number of benzene rings is 1. The molecule has 0 amide bonds. The Balaban J connectivity index is 1.27. The van der Waals surface area contributed by atoms with Crippen molar-refractivity contribution in [3.63, 3.8) is 0 Å². The fourth-order valence-electron chi connectivity index (χ4n) is 3.70. The van der Waals surface area contributed by atoms with Gasteiger partial charge in [-0.2, -0.15) is 4.98 Å². The number of likely N-dealkylation sites (tertiary alicyclic amines) is 1. The molecule has 0 spiro atoms. The lowest BCUT2D eigenvalue weighted by molar-refractivity contribution is 0.197. The largest absolute Gasteiger partial charge is 0.357 e. The lowest BCUT2D eigenvalue weighted by Crippen LogP contribution is -2.49. The Morgan fingerprint density at radius 1 is 1.21 bits per heavy atom. The molecule has 4 rings (SSSR count). The monoisotopic (exact) mass is 416 g/mol. The summed E-state index contributed by atoms with van der Waals surface area (Å²) in [6.07, 6.45) is 5.73. The summed E-state index contributed by atoms with van der Waals surface area (Å²) in [5.41, 5.74) is 0.889. The first-order chi connectivity index (χ1) is 14.2. The van der Waals surface area contributed by atoms with Crippen molar-refractivity contribution in [1.82, 2.24) is 25.7 Å². The van der Waals surface area contributed by atoms with Crippen LogP contribution in [0.1, 0.15) is 38.5 Å². The van der Waals surface area contributed by atoms with Crippen LogP contribution in [0.25, 0.3) is 11.4 Å². The zero-order chi connectivity index (χ0) is 20.1. The van der Waals surface area contributed by atoms with E-state index in [4.69, 9.17) is 21.1 Å². The van der Waals surface area contributed by atoms with Crippen LogP contribution in [0.15, 0.2) is 33.8 Å². The average molecular weight is 417 g/mol. The van der Waals surface area contributed by atoms with Gasteiger partial charge >= 0.3 is 0 Å². The maximum atomic E-state index is 5.93. The molecule has 1 aromatic heterocycles. The molecule has 1 aliphatic carbocycles. The van der Waals surface area contributed by atoms with E-state index in [1.54, 1.807) is 0 Å². The minimum atomic E-state index is 0.489. The quantitative estimate of drug-likeness (QED) is 0.533. The van der Waals surface area contributed by atoms with Crippen LogP contribution in [0.4, 0.5) is 0 Å². The first kappa shape index (κ1) is 20.2. The second-order valence-electron chi connectivity index (χ2n) is 7.72. The molecular formula is C21H29ClN6O. The number of piperidine rings is 1. The maximum Gasteiger partial charge on any atom is 0.228 e. The molecule has 2 aliphatic rings. The fraction of sp³-hybridized carbons (Fsp3) is 0.571. The Hall–Kier alpha value is -2.12. The first-order valence-electron chi connectivity index (χ1n) is 10.6. The normalized spacial score (nSPS) is 18.8. The third-order valence-corrected chi connectivity index (χ3v) is 5.70. The first-order valence-corrected chi connectivity index (χ1v) is 11.0. The lowest BCUT2D eigenvalue weighted by atomic mass is 10.1. The van der Waals surface area contributed by atoms with Gasteiger partial charge in [-0.15, -0.1) is 0 Å². The fourth-order valence-corrected chi connectivity index (χ4v) is 3.82. The van der Waals surface area contributed by atoms with Gasteiger partial charge in [0.05, 0.1) is 6.54 Å². The molecule has 0 bridgehead atoms. The number of rotatable bonds is 7. The van der Waals surface area contributed by atoms with Crippen LogP contribution in [-0.4, -0.2) is 59.3 Å². The van der Waals surface area contributed by atoms with Crippen molar-refractivity contribution < 1.29 is 4.52 Å². The van der Waals surface area contributed by atoms with E-state index in [0.717, 1.165) is 24.1 Å². The van der Waals surface area contributed by atoms with Crippen molar-refractivity contribution in [1.29, 1.82) is 0 Å². The Labute approximate surface area is 176 Å². The summed E-state index contributed by atoms with van der Waals surface area (Å²) >= 11 is 5.93. The van der Waals surface area contributed by atoms with E-state index >= 15 is 0 Å². The van der Waals surface area contributed by atoms with Gasteiger partial charge in [-0.1, -0.05) is 16.8 Å². The maximum absolute atomic E-state index is 5.93. The average Bonchev–Trinajstić information content (AvgIpc) is 3.48. The van der Waals surface area contributed by atoms with Gasteiger partial charge in [-0.3, -0.25) is 4.99 Å². The van der Waals surface area contributed by atoms with Gasteiger partial charge in [-0.05, 0) is 56.9 Å². The number of halogens is 1. The van der Waals surface area contributed by atoms with Crippen LogP contribution < -0.4 is 10.6 Å². The van der Waals surface area contributed by atoms with E-state index in [1.165, 1.54) is 38.8 Å². The molecule has 7 nitrogen and oxygen atoms in total. The predicted molar refractivity (Wildman–Crippen MR) is 115 cm³/mol. The van der Waals surface area contributed by atoms with Crippen molar-refractivity contribution in [2.75, 3.05) is 26.2 Å². The van der Waals surface area contributed by atoms with Crippen LogP contribution in [0.3, 0.4) is 0 Å². The van der Waals surface area contributed by atoms with Gasteiger partial charge in [-0.25, -0.2) is 0 Å². The summed E-state index contributed by atoms with van der Waals surface area (Å²) in [7, 11) is 0. The predicted octanol–water partition coefficient (Wildman–Crippen LogP) is 3.11. The van der Waals surface area contributed by atoms with Gasteiger partial charge in [0.1, 0.15) is 0 Å². The molecule has 29 heavy (non-hydrogen) atoms. The second-order valence-corrected chi connectivity index (χ2v) is 8.15. The van der Waals surface area contributed by atoms with E-state index in [0.29, 0.717) is 35.7 Å². The minimum Gasteiger partial charge on any atom is -0.357 e. The van der Waals surface area contributed by atoms with Crippen LogP contribution in [0.2, 0.25) is 5.02 Å². The molecule has 8 heteroatoms. The molecule has 1 saturated carbocycles. The molecule has 2 N–H and O–H groups in total. The summed E-state index contributed by atoms with van der Waals surface area (Å²) in [5.74, 6) is 2.04. The molecule has 156 valence electrons. The number of hydrogen-bond acceptors (Lipinski definition) is 5. The second kappa shape index (κ2) is 9.59. The van der Waals surface area contributed by atoms with Gasteiger partial charge in [0.15, 0.2) is 5.96 Å². The van der Waals surface area contributed by atoms with Gasteiger partial charge < -0.3 is 20.1 Å². The molecule has 2 fully saturated rings.